The number of aromatic hydroxyl groups is 1. The van der Waals surface area contributed by atoms with Crippen molar-refractivity contribution in [1.29, 1.82) is 0 Å². The third-order valence-electron chi connectivity index (χ3n) is 2.92. The van der Waals surface area contributed by atoms with Gasteiger partial charge in [-0.25, -0.2) is 4.79 Å². The first-order valence-electron chi connectivity index (χ1n) is 6.36. The second kappa shape index (κ2) is 7.24. The first kappa shape index (κ1) is 16.3. The first-order valence-corrected chi connectivity index (χ1v) is 7.11. The Kier molecular flexibility index (Phi) is 5.35. The molecule has 0 saturated carbocycles. The molecule has 0 heterocycles. The van der Waals surface area contributed by atoms with Gasteiger partial charge in [0.15, 0.2) is 11.5 Å². The van der Waals surface area contributed by atoms with Crippen molar-refractivity contribution in [2.24, 2.45) is 0 Å². The number of ether oxygens (including phenoxy) is 1. The Labute approximate surface area is 137 Å². The summed E-state index contributed by atoms with van der Waals surface area (Å²) in [5.74, 6) is 0.337. The largest absolute Gasteiger partial charge is 0.504 e. The molecule has 2 amide bonds. The van der Waals surface area contributed by atoms with Crippen molar-refractivity contribution < 1.29 is 14.6 Å². The lowest BCUT2D eigenvalue weighted by Crippen LogP contribution is -2.28. The van der Waals surface area contributed by atoms with Crippen LogP contribution in [0.15, 0.2) is 36.4 Å². The molecule has 0 atom stereocenters. The SMILES string of the molecule is COc1cccc(CNC(=O)Nc2cc(Cl)ccc2Cl)c1O. The summed E-state index contributed by atoms with van der Waals surface area (Å²) in [5.41, 5.74) is 0.938. The van der Waals surface area contributed by atoms with E-state index in [1.165, 1.54) is 7.11 Å². The lowest BCUT2D eigenvalue weighted by molar-refractivity contribution is 0.251. The van der Waals surface area contributed by atoms with Crippen molar-refractivity contribution in [2.45, 2.75) is 6.54 Å². The van der Waals surface area contributed by atoms with Gasteiger partial charge in [0.1, 0.15) is 0 Å². The molecule has 0 aromatic heterocycles. The van der Waals surface area contributed by atoms with E-state index in [9.17, 15) is 9.90 Å². The number of amides is 2. The van der Waals surface area contributed by atoms with Crippen LogP contribution in [0.4, 0.5) is 10.5 Å². The fraction of sp³-hybridized carbons (Fsp3) is 0.133. The fourth-order valence-electron chi connectivity index (χ4n) is 1.81. The number of methoxy groups -OCH3 is 1. The zero-order valence-electron chi connectivity index (χ0n) is 11.7. The molecule has 2 rings (SSSR count). The molecule has 2 aromatic rings. The lowest BCUT2D eigenvalue weighted by atomic mass is 10.2. The minimum absolute atomic E-state index is 0.00825. The number of rotatable bonds is 4. The lowest BCUT2D eigenvalue weighted by Gasteiger charge is -2.11. The van der Waals surface area contributed by atoms with Crippen LogP contribution in [0.5, 0.6) is 11.5 Å². The number of benzene rings is 2. The van der Waals surface area contributed by atoms with Crippen molar-refractivity contribution in [1.82, 2.24) is 5.32 Å². The van der Waals surface area contributed by atoms with E-state index in [1.54, 1.807) is 36.4 Å². The summed E-state index contributed by atoms with van der Waals surface area (Å²) in [6.07, 6.45) is 0. The number of nitrogens with one attached hydrogen (secondary N) is 2. The average Bonchev–Trinajstić information content (AvgIpc) is 2.50. The number of anilines is 1. The third kappa shape index (κ3) is 3.96. The minimum atomic E-state index is -0.466. The van der Waals surface area contributed by atoms with Gasteiger partial charge < -0.3 is 20.5 Å². The first-order chi connectivity index (χ1) is 10.5. The van der Waals surface area contributed by atoms with Crippen molar-refractivity contribution >= 4 is 34.9 Å². The van der Waals surface area contributed by atoms with E-state index >= 15 is 0 Å². The number of phenols is 1. The van der Waals surface area contributed by atoms with Gasteiger partial charge in [0.2, 0.25) is 0 Å². The van der Waals surface area contributed by atoms with Gasteiger partial charge >= 0.3 is 6.03 Å². The molecular weight excluding hydrogens is 327 g/mol. The summed E-state index contributed by atoms with van der Waals surface area (Å²) in [5, 5.41) is 16.0. The van der Waals surface area contributed by atoms with Crippen molar-refractivity contribution in [3.8, 4) is 11.5 Å². The van der Waals surface area contributed by atoms with E-state index in [1.807, 2.05) is 0 Å². The zero-order valence-corrected chi connectivity index (χ0v) is 13.2. The Hall–Kier alpha value is -2.11. The highest BCUT2D eigenvalue weighted by Crippen LogP contribution is 2.29. The highest BCUT2D eigenvalue weighted by molar-refractivity contribution is 6.35. The van der Waals surface area contributed by atoms with Gasteiger partial charge in [-0.3, -0.25) is 0 Å². The molecule has 2 aromatic carbocycles. The number of halogens is 2. The van der Waals surface area contributed by atoms with Gasteiger partial charge in [-0.15, -0.1) is 0 Å². The molecule has 0 aliphatic rings. The normalized spacial score (nSPS) is 10.1. The molecule has 3 N–H and O–H groups in total. The van der Waals surface area contributed by atoms with Crippen LogP contribution in [0.25, 0.3) is 0 Å². The molecular formula is C15H14Cl2N2O3. The second-order valence-electron chi connectivity index (χ2n) is 4.40. The Morgan fingerprint density at radius 2 is 2.05 bits per heavy atom. The maximum atomic E-state index is 11.9. The summed E-state index contributed by atoms with van der Waals surface area (Å²) in [6, 6.07) is 9.34. The number of carbonyl (C=O) groups is 1. The zero-order chi connectivity index (χ0) is 16.1. The minimum Gasteiger partial charge on any atom is -0.504 e. The van der Waals surface area contributed by atoms with Crippen LogP contribution in [-0.2, 0) is 6.54 Å². The summed E-state index contributed by atoms with van der Waals surface area (Å²) in [7, 11) is 1.46. The van der Waals surface area contributed by atoms with Gasteiger partial charge in [0.05, 0.1) is 17.8 Å². The Bertz CT molecular complexity index is 692. The molecule has 116 valence electrons. The topological polar surface area (TPSA) is 70.6 Å². The monoisotopic (exact) mass is 340 g/mol. The fourth-order valence-corrected chi connectivity index (χ4v) is 2.15. The van der Waals surface area contributed by atoms with E-state index in [-0.39, 0.29) is 12.3 Å². The predicted molar refractivity (Wildman–Crippen MR) is 87.0 cm³/mol. The third-order valence-corrected chi connectivity index (χ3v) is 3.48. The molecule has 0 unspecified atom stereocenters. The summed E-state index contributed by atoms with van der Waals surface area (Å²) < 4.78 is 5.01. The van der Waals surface area contributed by atoms with Gasteiger partial charge in [-0.1, -0.05) is 35.3 Å². The van der Waals surface area contributed by atoms with E-state index in [0.29, 0.717) is 27.0 Å². The molecule has 22 heavy (non-hydrogen) atoms. The van der Waals surface area contributed by atoms with Crippen LogP contribution in [-0.4, -0.2) is 18.2 Å². The van der Waals surface area contributed by atoms with Crippen LogP contribution in [0.2, 0.25) is 10.0 Å². The van der Waals surface area contributed by atoms with Gasteiger partial charge in [-0.2, -0.15) is 0 Å². The molecule has 0 spiro atoms. The molecule has 7 heteroatoms. The molecule has 0 aliphatic carbocycles. The Morgan fingerprint density at radius 1 is 1.27 bits per heavy atom. The van der Waals surface area contributed by atoms with Crippen molar-refractivity contribution in [2.75, 3.05) is 12.4 Å². The number of phenolic OH excluding ortho intramolecular Hbond substituents is 1. The maximum Gasteiger partial charge on any atom is 0.319 e. The smallest absolute Gasteiger partial charge is 0.319 e. The van der Waals surface area contributed by atoms with Crippen LogP contribution >= 0.6 is 23.2 Å². The van der Waals surface area contributed by atoms with Crippen LogP contribution in [0.1, 0.15) is 5.56 Å². The summed E-state index contributed by atoms with van der Waals surface area (Å²) in [6.45, 7) is 0.132. The quantitative estimate of drug-likeness (QED) is 0.786. The van der Waals surface area contributed by atoms with E-state index < -0.39 is 6.03 Å². The molecule has 0 bridgehead atoms. The van der Waals surface area contributed by atoms with Gasteiger partial charge in [0, 0.05) is 17.1 Å². The summed E-state index contributed by atoms with van der Waals surface area (Å²) in [4.78, 5) is 11.9. The highest BCUT2D eigenvalue weighted by Gasteiger charge is 2.10. The van der Waals surface area contributed by atoms with Crippen molar-refractivity contribution in [3.05, 3.63) is 52.0 Å². The van der Waals surface area contributed by atoms with Gasteiger partial charge in [0.25, 0.3) is 0 Å². The van der Waals surface area contributed by atoms with E-state index in [4.69, 9.17) is 27.9 Å². The van der Waals surface area contributed by atoms with E-state index in [2.05, 4.69) is 10.6 Å². The molecule has 5 nitrogen and oxygen atoms in total. The van der Waals surface area contributed by atoms with Crippen LogP contribution < -0.4 is 15.4 Å². The van der Waals surface area contributed by atoms with Crippen LogP contribution in [0.3, 0.4) is 0 Å². The highest BCUT2D eigenvalue weighted by atomic mass is 35.5. The number of carbonyl (C=O) groups excluding carboxylic acids is 1. The summed E-state index contributed by atoms with van der Waals surface area (Å²) >= 11 is 11.8. The molecule has 0 saturated heterocycles. The molecule has 0 fully saturated rings. The Morgan fingerprint density at radius 3 is 2.77 bits per heavy atom. The number of hydrogen-bond acceptors (Lipinski definition) is 3. The van der Waals surface area contributed by atoms with E-state index in [0.717, 1.165) is 0 Å². The number of urea groups is 1. The Balaban J connectivity index is 2.00. The van der Waals surface area contributed by atoms with Crippen molar-refractivity contribution in [3.63, 3.8) is 0 Å². The average molecular weight is 341 g/mol. The van der Waals surface area contributed by atoms with Crippen LogP contribution in [0, 0.1) is 0 Å². The number of para-hydroxylation sites is 1. The molecule has 0 radical (unpaired) electrons. The maximum absolute atomic E-state index is 11.9. The van der Waals surface area contributed by atoms with Gasteiger partial charge in [-0.05, 0) is 24.3 Å². The second-order valence-corrected chi connectivity index (χ2v) is 5.24. The molecule has 0 aliphatic heterocycles. The number of hydrogen-bond donors (Lipinski definition) is 3. The predicted octanol–water partition coefficient (Wildman–Crippen LogP) is 4.03. The standard InChI is InChI=1S/C15H14Cl2N2O3/c1-22-13-4-2-3-9(14(13)20)8-18-15(21)19-12-7-10(16)5-6-11(12)17/h2-7,20H,8H2,1H3,(H2,18,19,21).